The molecule has 18 heavy (non-hydrogen) atoms. The van der Waals surface area contributed by atoms with Crippen LogP contribution >= 0.6 is 15.9 Å². The van der Waals surface area contributed by atoms with E-state index in [0.29, 0.717) is 11.7 Å². The highest BCUT2D eigenvalue weighted by atomic mass is 79.9. The van der Waals surface area contributed by atoms with E-state index in [4.69, 9.17) is 5.73 Å². The van der Waals surface area contributed by atoms with Crippen LogP contribution in [0.25, 0.3) is 0 Å². The highest BCUT2D eigenvalue weighted by molar-refractivity contribution is 9.10. The van der Waals surface area contributed by atoms with Gasteiger partial charge in [0.2, 0.25) is 0 Å². The largest absolute Gasteiger partial charge is 0.327 e. The van der Waals surface area contributed by atoms with Crippen molar-refractivity contribution in [2.45, 2.75) is 43.0 Å². The Morgan fingerprint density at radius 2 is 2.06 bits per heavy atom. The second-order valence-electron chi connectivity index (χ2n) is 5.03. The van der Waals surface area contributed by atoms with Crippen molar-refractivity contribution >= 4 is 26.7 Å². The molecule has 0 heterocycles. The Balaban J connectivity index is 1.94. The Hall–Kier alpha value is -0.190. The van der Waals surface area contributed by atoms with Gasteiger partial charge in [-0.1, -0.05) is 41.3 Å². The summed E-state index contributed by atoms with van der Waals surface area (Å²) in [5, 5.41) is 0. The molecular weight excluding hydrogens is 310 g/mol. The zero-order chi connectivity index (χ0) is 13.0. The Morgan fingerprint density at radius 1 is 1.33 bits per heavy atom. The molecule has 4 heteroatoms. The fraction of sp³-hybridized carbons (Fsp3) is 0.571. The smallest absolute Gasteiger partial charge is 0.0545 e. The third-order valence-corrected chi connectivity index (χ3v) is 5.62. The van der Waals surface area contributed by atoms with Crippen LogP contribution in [0.1, 0.15) is 32.1 Å². The van der Waals surface area contributed by atoms with E-state index in [1.54, 1.807) is 0 Å². The molecule has 2 atom stereocenters. The van der Waals surface area contributed by atoms with Crippen LogP contribution in [0, 0.1) is 5.92 Å². The molecule has 0 aliphatic heterocycles. The molecule has 0 bridgehead atoms. The lowest BCUT2D eigenvalue weighted by Gasteiger charge is -2.27. The van der Waals surface area contributed by atoms with E-state index >= 15 is 0 Å². The van der Waals surface area contributed by atoms with Gasteiger partial charge in [0.1, 0.15) is 0 Å². The topological polar surface area (TPSA) is 43.1 Å². The Kier molecular flexibility index (Phi) is 5.39. The summed E-state index contributed by atoms with van der Waals surface area (Å²) < 4.78 is 13.2. The molecule has 0 aromatic heterocycles. The summed E-state index contributed by atoms with van der Waals surface area (Å²) in [5.74, 6) is 1.15. The van der Waals surface area contributed by atoms with Crippen molar-refractivity contribution in [1.82, 2.24) is 0 Å². The summed E-state index contributed by atoms with van der Waals surface area (Å²) in [4.78, 5) is 0.871. The van der Waals surface area contributed by atoms with E-state index < -0.39 is 10.8 Å². The maximum atomic E-state index is 12.3. The Labute approximate surface area is 120 Å². The number of hydrogen-bond acceptors (Lipinski definition) is 2. The predicted octanol–water partition coefficient (Wildman–Crippen LogP) is 3.46. The molecule has 1 aliphatic rings. The molecule has 1 aliphatic carbocycles. The van der Waals surface area contributed by atoms with Gasteiger partial charge in [0.25, 0.3) is 0 Å². The summed E-state index contributed by atoms with van der Waals surface area (Å²) in [5.41, 5.74) is 6.22. The van der Waals surface area contributed by atoms with Gasteiger partial charge in [0.05, 0.1) is 10.8 Å². The fourth-order valence-electron chi connectivity index (χ4n) is 2.58. The van der Waals surface area contributed by atoms with Gasteiger partial charge in [-0.05, 0) is 37.0 Å². The van der Waals surface area contributed by atoms with Crippen molar-refractivity contribution in [3.8, 4) is 0 Å². The lowest BCUT2D eigenvalue weighted by Crippen LogP contribution is -2.36. The quantitative estimate of drug-likeness (QED) is 0.919. The fourth-order valence-corrected chi connectivity index (χ4v) is 4.43. The average Bonchev–Trinajstić information content (AvgIpc) is 2.39. The molecule has 1 aromatic carbocycles. The van der Waals surface area contributed by atoms with Gasteiger partial charge in [-0.15, -0.1) is 0 Å². The summed E-state index contributed by atoms with van der Waals surface area (Å²) in [6.45, 7) is 0. The van der Waals surface area contributed by atoms with Crippen molar-refractivity contribution < 1.29 is 4.21 Å². The van der Waals surface area contributed by atoms with Crippen LogP contribution in [0.5, 0.6) is 0 Å². The molecule has 2 N–H and O–H groups in total. The number of benzene rings is 1. The molecule has 0 radical (unpaired) electrons. The molecule has 2 unspecified atom stereocenters. The molecular formula is C14H20BrNOS. The standard InChI is InChI=1S/C14H20BrNOS/c15-12-7-4-8-13(9-12)18(17)10-14(16)11-5-2-1-3-6-11/h4,7-9,11,14H,1-3,5-6,10,16H2. The van der Waals surface area contributed by atoms with Crippen LogP contribution < -0.4 is 5.73 Å². The van der Waals surface area contributed by atoms with Crippen molar-refractivity contribution in [2.24, 2.45) is 11.7 Å². The van der Waals surface area contributed by atoms with Crippen LogP contribution in [0.15, 0.2) is 33.6 Å². The van der Waals surface area contributed by atoms with E-state index in [-0.39, 0.29) is 6.04 Å². The van der Waals surface area contributed by atoms with E-state index in [1.165, 1.54) is 32.1 Å². The zero-order valence-electron chi connectivity index (χ0n) is 10.5. The maximum Gasteiger partial charge on any atom is 0.0545 e. The molecule has 0 spiro atoms. The van der Waals surface area contributed by atoms with Crippen LogP contribution in [-0.2, 0) is 10.8 Å². The zero-order valence-corrected chi connectivity index (χ0v) is 12.9. The number of halogens is 1. The minimum absolute atomic E-state index is 0.0742. The lowest BCUT2D eigenvalue weighted by atomic mass is 9.85. The first kappa shape index (κ1) is 14.2. The van der Waals surface area contributed by atoms with Crippen LogP contribution in [0.2, 0.25) is 0 Å². The van der Waals surface area contributed by atoms with Crippen LogP contribution in [-0.4, -0.2) is 16.0 Å². The number of rotatable bonds is 4. The summed E-state index contributed by atoms with van der Waals surface area (Å²) in [6, 6.07) is 7.77. The number of nitrogens with two attached hydrogens (primary N) is 1. The average molecular weight is 330 g/mol. The summed E-state index contributed by atoms with van der Waals surface area (Å²) >= 11 is 3.41. The van der Waals surface area contributed by atoms with Gasteiger partial charge in [-0.25, -0.2) is 0 Å². The predicted molar refractivity (Wildman–Crippen MR) is 80.0 cm³/mol. The summed E-state index contributed by atoms with van der Waals surface area (Å²) in [6.07, 6.45) is 6.30. The van der Waals surface area contributed by atoms with Gasteiger partial charge < -0.3 is 5.73 Å². The van der Waals surface area contributed by atoms with E-state index in [2.05, 4.69) is 15.9 Å². The third kappa shape index (κ3) is 3.90. The monoisotopic (exact) mass is 329 g/mol. The molecule has 1 fully saturated rings. The summed E-state index contributed by atoms with van der Waals surface area (Å²) in [7, 11) is -0.980. The molecule has 1 saturated carbocycles. The van der Waals surface area contributed by atoms with Crippen LogP contribution in [0.3, 0.4) is 0 Å². The second kappa shape index (κ2) is 6.83. The minimum Gasteiger partial charge on any atom is -0.327 e. The van der Waals surface area contributed by atoms with E-state index in [1.807, 2.05) is 24.3 Å². The highest BCUT2D eigenvalue weighted by Crippen LogP contribution is 2.26. The third-order valence-electron chi connectivity index (χ3n) is 3.66. The molecule has 100 valence electrons. The Morgan fingerprint density at radius 3 is 2.72 bits per heavy atom. The van der Waals surface area contributed by atoms with Gasteiger partial charge >= 0.3 is 0 Å². The van der Waals surface area contributed by atoms with Gasteiger partial charge in [-0.3, -0.25) is 4.21 Å². The highest BCUT2D eigenvalue weighted by Gasteiger charge is 2.22. The lowest BCUT2D eigenvalue weighted by molar-refractivity contribution is 0.318. The SMILES string of the molecule is NC(CS(=O)c1cccc(Br)c1)C1CCCCC1. The first-order chi connectivity index (χ1) is 8.66. The molecule has 0 saturated heterocycles. The minimum atomic E-state index is -0.980. The van der Waals surface area contributed by atoms with Gasteiger partial charge in [0.15, 0.2) is 0 Å². The molecule has 0 amide bonds. The molecule has 2 nitrogen and oxygen atoms in total. The maximum absolute atomic E-state index is 12.3. The van der Waals surface area contributed by atoms with Crippen molar-refractivity contribution in [2.75, 3.05) is 5.75 Å². The van der Waals surface area contributed by atoms with Crippen LogP contribution in [0.4, 0.5) is 0 Å². The normalized spacial score (nSPS) is 20.6. The Bertz CT molecular complexity index is 418. The van der Waals surface area contributed by atoms with Gasteiger partial charge in [-0.2, -0.15) is 0 Å². The van der Waals surface area contributed by atoms with Crippen molar-refractivity contribution in [3.05, 3.63) is 28.7 Å². The second-order valence-corrected chi connectivity index (χ2v) is 7.44. The van der Waals surface area contributed by atoms with Crippen molar-refractivity contribution in [1.29, 1.82) is 0 Å². The first-order valence-corrected chi connectivity index (χ1v) is 8.67. The van der Waals surface area contributed by atoms with E-state index in [0.717, 1.165) is 9.37 Å². The van der Waals surface area contributed by atoms with Gasteiger partial charge in [0, 0.05) is 21.2 Å². The van der Waals surface area contributed by atoms with Crippen molar-refractivity contribution in [3.63, 3.8) is 0 Å². The molecule has 2 rings (SSSR count). The van der Waals surface area contributed by atoms with E-state index in [9.17, 15) is 4.21 Å². The number of hydrogen-bond donors (Lipinski definition) is 1. The molecule has 1 aromatic rings. The first-order valence-electron chi connectivity index (χ1n) is 6.56.